The Kier molecular flexibility index (Phi) is 5.01. The summed E-state index contributed by atoms with van der Waals surface area (Å²) in [5, 5.41) is 9.43. The van der Waals surface area contributed by atoms with Gasteiger partial charge in [-0.3, -0.25) is 9.69 Å². The van der Waals surface area contributed by atoms with Crippen LogP contribution in [0, 0.1) is 0 Å². The van der Waals surface area contributed by atoms with Crippen molar-refractivity contribution in [3.63, 3.8) is 0 Å². The summed E-state index contributed by atoms with van der Waals surface area (Å²) in [6, 6.07) is 0. The van der Waals surface area contributed by atoms with E-state index < -0.39 is 5.97 Å². The van der Waals surface area contributed by atoms with Gasteiger partial charge in [0, 0.05) is 6.42 Å². The van der Waals surface area contributed by atoms with E-state index in [0.717, 1.165) is 18.1 Å². The molecule has 0 bridgehead atoms. The number of carbonyl (C=O) groups is 1. The van der Waals surface area contributed by atoms with Crippen molar-refractivity contribution >= 4 is 28.9 Å². The highest BCUT2D eigenvalue weighted by atomic mass is 35.5. The molecular weight excluding hydrogens is 236 g/mol. The summed E-state index contributed by atoms with van der Waals surface area (Å²) in [4.78, 5) is 16.5. The predicted molar refractivity (Wildman–Crippen MR) is 60.3 cm³/mol. The van der Waals surface area contributed by atoms with Crippen molar-refractivity contribution in [1.82, 2.24) is 9.88 Å². The second-order valence-corrected chi connectivity index (χ2v) is 5.04. The second-order valence-electron chi connectivity index (χ2n) is 3.29. The van der Waals surface area contributed by atoms with Crippen molar-refractivity contribution in [2.75, 3.05) is 13.6 Å². The van der Waals surface area contributed by atoms with E-state index in [9.17, 15) is 4.79 Å². The molecule has 0 unspecified atom stereocenters. The quantitative estimate of drug-likeness (QED) is 0.838. The number of carboxylic acid groups (broad SMARTS) is 1. The maximum atomic E-state index is 10.3. The molecule has 0 radical (unpaired) electrons. The first-order valence-corrected chi connectivity index (χ1v) is 5.78. The number of halogens is 1. The number of hydrogen-bond donors (Lipinski definition) is 1. The molecule has 0 aromatic carbocycles. The summed E-state index contributed by atoms with van der Waals surface area (Å²) in [6.45, 7) is 1.47. The molecule has 6 heteroatoms. The molecule has 1 aromatic heterocycles. The zero-order chi connectivity index (χ0) is 11.3. The van der Waals surface area contributed by atoms with Crippen molar-refractivity contribution in [3.05, 3.63) is 15.5 Å². The monoisotopic (exact) mass is 248 g/mol. The standard InChI is InChI=1S/C9H13ClN2O2S/c1-12(4-2-3-9(13)14)6-8-11-5-7(10)15-8/h5H,2-4,6H2,1H3,(H,13,14). The van der Waals surface area contributed by atoms with E-state index >= 15 is 0 Å². The SMILES string of the molecule is CN(CCCC(=O)O)Cc1ncc(Cl)s1. The highest BCUT2D eigenvalue weighted by Gasteiger charge is 2.05. The average Bonchev–Trinajstić information content (AvgIpc) is 2.50. The van der Waals surface area contributed by atoms with Crippen molar-refractivity contribution in [1.29, 1.82) is 0 Å². The lowest BCUT2D eigenvalue weighted by atomic mass is 10.3. The number of rotatable bonds is 6. The minimum atomic E-state index is -0.749. The van der Waals surface area contributed by atoms with Crippen molar-refractivity contribution in [3.8, 4) is 0 Å². The molecule has 15 heavy (non-hydrogen) atoms. The van der Waals surface area contributed by atoms with Gasteiger partial charge in [0.15, 0.2) is 0 Å². The fourth-order valence-electron chi connectivity index (χ4n) is 1.17. The Morgan fingerprint density at radius 2 is 2.47 bits per heavy atom. The molecular formula is C9H13ClN2O2S. The van der Waals surface area contributed by atoms with Gasteiger partial charge in [-0.25, -0.2) is 4.98 Å². The summed E-state index contributed by atoms with van der Waals surface area (Å²) >= 11 is 7.20. The van der Waals surface area contributed by atoms with Gasteiger partial charge in [0.1, 0.15) is 9.34 Å². The maximum Gasteiger partial charge on any atom is 0.303 e. The highest BCUT2D eigenvalue weighted by Crippen LogP contribution is 2.19. The third-order valence-corrected chi connectivity index (χ3v) is 2.96. The highest BCUT2D eigenvalue weighted by molar-refractivity contribution is 7.15. The van der Waals surface area contributed by atoms with E-state index in [1.165, 1.54) is 11.3 Å². The zero-order valence-electron chi connectivity index (χ0n) is 8.44. The topological polar surface area (TPSA) is 53.4 Å². The predicted octanol–water partition coefficient (Wildman–Crippen LogP) is 2.09. The van der Waals surface area contributed by atoms with Crippen molar-refractivity contribution in [2.24, 2.45) is 0 Å². The number of aromatic nitrogens is 1. The van der Waals surface area contributed by atoms with Gasteiger partial charge in [0.2, 0.25) is 0 Å². The molecule has 0 aliphatic rings. The number of aliphatic carboxylic acids is 1. The lowest BCUT2D eigenvalue weighted by molar-refractivity contribution is -0.137. The summed E-state index contributed by atoms with van der Waals surface area (Å²) in [7, 11) is 1.94. The largest absolute Gasteiger partial charge is 0.481 e. The molecule has 0 amide bonds. The third-order valence-electron chi connectivity index (χ3n) is 1.86. The Labute approximate surface area is 97.5 Å². The van der Waals surface area contributed by atoms with Crippen molar-refractivity contribution in [2.45, 2.75) is 19.4 Å². The third kappa shape index (κ3) is 5.11. The van der Waals surface area contributed by atoms with Crippen LogP contribution in [-0.2, 0) is 11.3 Å². The number of hydrogen-bond acceptors (Lipinski definition) is 4. The Morgan fingerprint density at radius 3 is 3.00 bits per heavy atom. The number of thiazole rings is 1. The van der Waals surface area contributed by atoms with Crippen LogP contribution in [-0.4, -0.2) is 34.6 Å². The van der Waals surface area contributed by atoms with Crippen LogP contribution in [0.3, 0.4) is 0 Å². The lowest BCUT2D eigenvalue weighted by Gasteiger charge is -2.13. The zero-order valence-corrected chi connectivity index (χ0v) is 10.0. The van der Waals surface area contributed by atoms with Gasteiger partial charge >= 0.3 is 5.97 Å². The van der Waals surface area contributed by atoms with Gasteiger partial charge in [-0.15, -0.1) is 11.3 Å². The molecule has 1 rings (SSSR count). The molecule has 0 aliphatic heterocycles. The summed E-state index contributed by atoms with van der Waals surface area (Å²) in [6.07, 6.45) is 2.50. The van der Waals surface area contributed by atoms with E-state index in [4.69, 9.17) is 16.7 Å². The van der Waals surface area contributed by atoms with Crippen LogP contribution in [0.4, 0.5) is 0 Å². The maximum absolute atomic E-state index is 10.3. The van der Waals surface area contributed by atoms with Gasteiger partial charge in [-0.05, 0) is 20.0 Å². The first kappa shape index (κ1) is 12.4. The van der Waals surface area contributed by atoms with Crippen LogP contribution in [0.25, 0.3) is 0 Å². The molecule has 0 spiro atoms. The average molecular weight is 249 g/mol. The molecule has 0 saturated heterocycles. The van der Waals surface area contributed by atoms with Gasteiger partial charge in [-0.1, -0.05) is 11.6 Å². The Bertz CT molecular complexity index is 330. The van der Waals surface area contributed by atoms with Gasteiger partial charge in [-0.2, -0.15) is 0 Å². The Balaban J connectivity index is 2.24. The van der Waals surface area contributed by atoms with Crippen LogP contribution in [0.15, 0.2) is 6.20 Å². The number of nitrogens with zero attached hydrogens (tertiary/aromatic N) is 2. The molecule has 1 N–H and O–H groups in total. The lowest BCUT2D eigenvalue weighted by Crippen LogP contribution is -2.19. The van der Waals surface area contributed by atoms with E-state index in [2.05, 4.69) is 4.98 Å². The normalized spacial score (nSPS) is 10.9. The minimum absolute atomic E-state index is 0.211. The minimum Gasteiger partial charge on any atom is -0.481 e. The Morgan fingerprint density at radius 1 is 1.73 bits per heavy atom. The van der Waals surface area contributed by atoms with E-state index in [1.807, 2.05) is 11.9 Å². The van der Waals surface area contributed by atoms with E-state index in [-0.39, 0.29) is 6.42 Å². The molecule has 0 saturated carbocycles. The number of carboxylic acids is 1. The second kappa shape index (κ2) is 6.05. The van der Waals surface area contributed by atoms with Crippen LogP contribution < -0.4 is 0 Å². The molecule has 0 aliphatic carbocycles. The van der Waals surface area contributed by atoms with Crippen LogP contribution >= 0.6 is 22.9 Å². The smallest absolute Gasteiger partial charge is 0.303 e. The van der Waals surface area contributed by atoms with Crippen LogP contribution in [0.5, 0.6) is 0 Å². The molecule has 84 valence electrons. The van der Waals surface area contributed by atoms with Gasteiger partial charge < -0.3 is 5.11 Å². The first-order chi connectivity index (χ1) is 7.08. The first-order valence-electron chi connectivity index (χ1n) is 4.58. The van der Waals surface area contributed by atoms with Crippen LogP contribution in [0.2, 0.25) is 4.34 Å². The van der Waals surface area contributed by atoms with Crippen molar-refractivity contribution < 1.29 is 9.90 Å². The molecule has 1 heterocycles. The van der Waals surface area contributed by atoms with Crippen LogP contribution in [0.1, 0.15) is 17.8 Å². The molecule has 0 fully saturated rings. The van der Waals surface area contributed by atoms with Gasteiger partial charge in [0.25, 0.3) is 0 Å². The van der Waals surface area contributed by atoms with E-state index in [1.54, 1.807) is 6.20 Å². The van der Waals surface area contributed by atoms with Gasteiger partial charge in [0.05, 0.1) is 12.7 Å². The molecule has 0 atom stereocenters. The molecule has 4 nitrogen and oxygen atoms in total. The Hall–Kier alpha value is -0.650. The fraction of sp³-hybridized carbons (Fsp3) is 0.556. The van der Waals surface area contributed by atoms with E-state index in [0.29, 0.717) is 10.8 Å². The summed E-state index contributed by atoms with van der Waals surface area (Å²) in [5.74, 6) is -0.749. The fourth-order valence-corrected chi connectivity index (χ4v) is 2.21. The summed E-state index contributed by atoms with van der Waals surface area (Å²) in [5.41, 5.74) is 0. The summed E-state index contributed by atoms with van der Waals surface area (Å²) < 4.78 is 0.684. The molecule has 1 aromatic rings.